The Hall–Kier alpha value is -2.92. The van der Waals surface area contributed by atoms with Gasteiger partial charge in [-0.1, -0.05) is 72.7 Å². The Morgan fingerprint density at radius 1 is 0.875 bits per heavy atom. The predicted molar refractivity (Wildman–Crippen MR) is 164 cm³/mol. The summed E-state index contributed by atoms with van der Waals surface area (Å²) in [6.07, 6.45) is -1.63. The van der Waals surface area contributed by atoms with E-state index in [1.807, 2.05) is 12.1 Å². The molecule has 1 aliphatic rings. The Labute approximate surface area is 238 Å². The van der Waals surface area contributed by atoms with Crippen LogP contribution in [0.25, 0.3) is 42.2 Å². The minimum atomic E-state index is -4.30. The molecule has 0 atom stereocenters. The molecule has 0 saturated carbocycles. The Balaban J connectivity index is 1.72. The van der Waals surface area contributed by atoms with Crippen molar-refractivity contribution >= 4 is 42.3 Å². The minimum absolute atomic E-state index is 0.0836. The third-order valence-electron chi connectivity index (χ3n) is 8.88. The van der Waals surface area contributed by atoms with Gasteiger partial charge in [-0.15, -0.1) is 11.3 Å². The number of pyridine rings is 1. The predicted octanol–water partition coefficient (Wildman–Crippen LogP) is 11.0. The van der Waals surface area contributed by atoms with Gasteiger partial charge in [0.15, 0.2) is 0 Å². The van der Waals surface area contributed by atoms with Crippen LogP contribution in [0.15, 0.2) is 54.7 Å². The van der Waals surface area contributed by atoms with Crippen LogP contribution >= 0.6 is 11.3 Å². The minimum Gasteiger partial charge on any atom is -0.255 e. The van der Waals surface area contributed by atoms with Gasteiger partial charge >= 0.3 is 6.18 Å². The van der Waals surface area contributed by atoms with E-state index in [1.54, 1.807) is 17.5 Å². The molecular formula is C35H36F3NS. The number of nitrogens with zero attached hydrogens (tertiary/aromatic N) is 1. The highest BCUT2D eigenvalue weighted by Crippen LogP contribution is 2.53. The molecule has 6 rings (SSSR count). The van der Waals surface area contributed by atoms with Crippen LogP contribution in [-0.2, 0) is 22.7 Å². The molecule has 1 nitrogen and oxygen atoms in total. The molecule has 0 radical (unpaired) electrons. The summed E-state index contributed by atoms with van der Waals surface area (Å²) in [6, 6.07) is 16.9. The van der Waals surface area contributed by atoms with Crippen LogP contribution in [-0.4, -0.2) is 11.2 Å². The summed E-state index contributed by atoms with van der Waals surface area (Å²) < 4.78 is 44.6. The molecule has 0 amide bonds. The van der Waals surface area contributed by atoms with Gasteiger partial charge in [0.25, 0.3) is 0 Å². The highest BCUT2D eigenvalue weighted by molar-refractivity contribution is 7.26. The smallest absolute Gasteiger partial charge is 0.255 e. The molecule has 0 unspecified atom stereocenters. The van der Waals surface area contributed by atoms with Crippen LogP contribution in [0.2, 0.25) is 0 Å². The third-order valence-corrected chi connectivity index (χ3v) is 10.0. The molecular weight excluding hydrogens is 523 g/mol. The van der Waals surface area contributed by atoms with E-state index in [4.69, 9.17) is 4.98 Å². The summed E-state index contributed by atoms with van der Waals surface area (Å²) in [5.74, 6) is 0. The molecule has 0 spiro atoms. The lowest BCUT2D eigenvalue weighted by Gasteiger charge is -2.43. The molecule has 40 heavy (non-hydrogen) atoms. The first-order chi connectivity index (χ1) is 18.6. The van der Waals surface area contributed by atoms with Gasteiger partial charge < -0.3 is 0 Å². The SMILES string of the molecule is CC(C)(C)c1cc(-c2nccc3c2sc2cc4c(c(CC(F)(F)F)c23)C(C)(C)CCC4(C)C)cc2ccccc12. The Bertz CT molecular complexity index is 1800. The van der Waals surface area contributed by atoms with E-state index in [0.717, 1.165) is 60.8 Å². The summed E-state index contributed by atoms with van der Waals surface area (Å²) >= 11 is 1.59. The summed E-state index contributed by atoms with van der Waals surface area (Å²) in [5, 5.41) is 3.98. The first kappa shape index (κ1) is 27.3. The Kier molecular flexibility index (Phi) is 5.99. The fourth-order valence-electron chi connectivity index (χ4n) is 6.79. The Morgan fingerprint density at radius 3 is 2.27 bits per heavy atom. The van der Waals surface area contributed by atoms with Crippen molar-refractivity contribution in [2.24, 2.45) is 0 Å². The second-order valence-electron chi connectivity index (χ2n) is 13.8. The van der Waals surface area contributed by atoms with E-state index in [1.165, 1.54) is 10.9 Å². The van der Waals surface area contributed by atoms with Crippen molar-refractivity contribution in [3.05, 3.63) is 77.0 Å². The maximum Gasteiger partial charge on any atom is 0.393 e. The molecule has 5 aromatic rings. The van der Waals surface area contributed by atoms with Crippen molar-refractivity contribution in [3.8, 4) is 11.3 Å². The quantitative estimate of drug-likeness (QED) is 0.210. The number of rotatable bonds is 2. The maximum atomic E-state index is 14.2. The van der Waals surface area contributed by atoms with Crippen molar-refractivity contribution in [1.29, 1.82) is 0 Å². The number of halogens is 3. The second-order valence-corrected chi connectivity index (χ2v) is 14.9. The molecule has 2 aromatic heterocycles. The van der Waals surface area contributed by atoms with E-state index in [-0.39, 0.29) is 16.2 Å². The topological polar surface area (TPSA) is 12.9 Å². The average Bonchev–Trinajstić information content (AvgIpc) is 3.23. The van der Waals surface area contributed by atoms with Gasteiger partial charge in [0.05, 0.1) is 16.8 Å². The molecule has 2 heterocycles. The Morgan fingerprint density at radius 2 is 1.57 bits per heavy atom. The van der Waals surface area contributed by atoms with Crippen LogP contribution in [0.5, 0.6) is 0 Å². The number of fused-ring (bicyclic) bond motifs is 5. The first-order valence-electron chi connectivity index (χ1n) is 14.1. The van der Waals surface area contributed by atoms with Gasteiger partial charge in [-0.25, -0.2) is 0 Å². The lowest BCUT2D eigenvalue weighted by molar-refractivity contribution is -0.127. The second kappa shape index (κ2) is 8.79. The zero-order valence-electron chi connectivity index (χ0n) is 24.3. The zero-order valence-corrected chi connectivity index (χ0v) is 25.1. The van der Waals surface area contributed by atoms with E-state index < -0.39 is 12.6 Å². The van der Waals surface area contributed by atoms with Crippen LogP contribution < -0.4 is 0 Å². The van der Waals surface area contributed by atoms with Gasteiger partial charge in [-0.05, 0) is 86.4 Å². The molecule has 0 N–H and O–H groups in total. The summed E-state index contributed by atoms with van der Waals surface area (Å²) in [5.41, 5.74) is 4.89. The van der Waals surface area contributed by atoms with Crippen molar-refractivity contribution in [2.45, 2.75) is 90.1 Å². The zero-order chi connectivity index (χ0) is 28.8. The number of hydrogen-bond acceptors (Lipinski definition) is 2. The van der Waals surface area contributed by atoms with Crippen molar-refractivity contribution < 1.29 is 13.2 Å². The molecule has 0 fully saturated rings. The van der Waals surface area contributed by atoms with E-state index in [2.05, 4.69) is 84.9 Å². The van der Waals surface area contributed by atoms with Gasteiger partial charge in [0.1, 0.15) is 0 Å². The summed E-state index contributed by atoms with van der Waals surface area (Å²) in [6.45, 7) is 15.2. The first-order valence-corrected chi connectivity index (χ1v) is 14.9. The van der Waals surface area contributed by atoms with E-state index in [0.29, 0.717) is 5.56 Å². The molecule has 0 saturated heterocycles. The normalized spacial score (nSPS) is 17.1. The molecule has 0 bridgehead atoms. The van der Waals surface area contributed by atoms with Crippen molar-refractivity contribution in [2.75, 3.05) is 0 Å². The molecule has 5 heteroatoms. The largest absolute Gasteiger partial charge is 0.393 e. The fraction of sp³-hybridized carbons (Fsp3) is 0.400. The summed E-state index contributed by atoms with van der Waals surface area (Å²) in [4.78, 5) is 4.85. The fourth-order valence-corrected chi connectivity index (χ4v) is 8.07. The van der Waals surface area contributed by atoms with Crippen LogP contribution in [0.4, 0.5) is 13.2 Å². The van der Waals surface area contributed by atoms with Gasteiger partial charge in [-0.2, -0.15) is 13.2 Å². The molecule has 3 aromatic carbocycles. The number of benzene rings is 3. The molecule has 208 valence electrons. The lowest BCUT2D eigenvalue weighted by Crippen LogP contribution is -2.35. The number of hydrogen-bond donors (Lipinski definition) is 0. The number of aromatic nitrogens is 1. The third kappa shape index (κ3) is 4.41. The maximum absolute atomic E-state index is 14.2. The van der Waals surface area contributed by atoms with Gasteiger partial charge in [0, 0.05) is 27.2 Å². The van der Waals surface area contributed by atoms with Crippen LogP contribution in [0.1, 0.15) is 83.6 Å². The number of thiophene rings is 1. The van der Waals surface area contributed by atoms with Gasteiger partial charge in [-0.3, -0.25) is 4.98 Å². The summed E-state index contributed by atoms with van der Waals surface area (Å²) in [7, 11) is 0. The average molecular weight is 560 g/mol. The van der Waals surface area contributed by atoms with Crippen LogP contribution in [0.3, 0.4) is 0 Å². The number of alkyl halides is 3. The lowest BCUT2D eigenvalue weighted by atomic mass is 9.61. The van der Waals surface area contributed by atoms with Crippen LogP contribution in [0, 0.1) is 0 Å². The van der Waals surface area contributed by atoms with Crippen molar-refractivity contribution in [3.63, 3.8) is 0 Å². The van der Waals surface area contributed by atoms with E-state index >= 15 is 0 Å². The molecule has 0 aliphatic heterocycles. The highest BCUT2D eigenvalue weighted by atomic mass is 32.1. The van der Waals surface area contributed by atoms with Crippen molar-refractivity contribution in [1.82, 2.24) is 4.98 Å². The standard InChI is InChI=1S/C35H36F3NS/c1-32(2,3)25-17-21(16-20-10-8-9-11-22(20)25)30-31-23(12-15-39-30)28-24(19-35(36,37)38)29-26(18-27(28)40-31)33(4,5)13-14-34(29,6)7/h8-12,15-18H,13-14,19H2,1-7H3. The van der Waals surface area contributed by atoms with Gasteiger partial charge in [0.2, 0.25) is 0 Å². The monoisotopic (exact) mass is 559 g/mol. The van der Waals surface area contributed by atoms with E-state index in [9.17, 15) is 13.2 Å². The molecule has 1 aliphatic carbocycles. The highest BCUT2D eigenvalue weighted by Gasteiger charge is 2.42.